The second kappa shape index (κ2) is 12.1. The predicted molar refractivity (Wildman–Crippen MR) is 145 cm³/mol. The third-order valence-corrected chi connectivity index (χ3v) is 7.32. The Hall–Kier alpha value is -4.25. The van der Waals surface area contributed by atoms with Gasteiger partial charge in [0.2, 0.25) is 5.54 Å². The summed E-state index contributed by atoms with van der Waals surface area (Å²) in [5, 5.41) is 2.91. The van der Waals surface area contributed by atoms with Crippen LogP contribution in [0.5, 0.6) is 0 Å². The van der Waals surface area contributed by atoms with Crippen LogP contribution in [0.25, 0.3) is 0 Å². The fraction of sp³-hybridized carbons (Fsp3) is 0.433. The molecule has 0 aliphatic carbocycles. The predicted octanol–water partition coefficient (Wildman–Crippen LogP) is 2.26. The van der Waals surface area contributed by atoms with Crippen LogP contribution < -0.4 is 10.2 Å². The van der Waals surface area contributed by atoms with Crippen molar-refractivity contribution in [1.82, 2.24) is 5.32 Å². The highest BCUT2D eigenvalue weighted by atomic mass is 16.6. The number of hydrogen-bond donors (Lipinski definition) is 1. The molecule has 1 amide bonds. The lowest BCUT2D eigenvalue weighted by molar-refractivity contribution is -0.176. The number of para-hydroxylation sites is 1. The summed E-state index contributed by atoms with van der Waals surface area (Å²) < 4.78 is 21.3. The molecule has 218 valence electrons. The second-order valence-corrected chi connectivity index (χ2v) is 9.54. The first kappa shape index (κ1) is 29.7. The lowest BCUT2D eigenvalue weighted by Crippen LogP contribution is -2.65. The number of benzene rings is 2. The Balaban J connectivity index is 2.04. The van der Waals surface area contributed by atoms with Crippen LogP contribution in [0.1, 0.15) is 38.8 Å². The molecule has 2 aliphatic rings. The van der Waals surface area contributed by atoms with Crippen molar-refractivity contribution in [2.75, 3.05) is 31.3 Å². The van der Waals surface area contributed by atoms with Crippen LogP contribution in [0.15, 0.2) is 54.6 Å². The van der Waals surface area contributed by atoms with Crippen LogP contribution in [-0.4, -0.2) is 61.8 Å². The van der Waals surface area contributed by atoms with E-state index in [9.17, 15) is 24.0 Å². The molecule has 0 radical (unpaired) electrons. The van der Waals surface area contributed by atoms with Gasteiger partial charge in [0.1, 0.15) is 17.4 Å². The Bertz CT molecular complexity index is 1310. The van der Waals surface area contributed by atoms with E-state index in [-0.39, 0.29) is 33.0 Å². The van der Waals surface area contributed by atoms with E-state index < -0.39 is 52.7 Å². The molecule has 0 aromatic heterocycles. The molecule has 3 atom stereocenters. The van der Waals surface area contributed by atoms with Gasteiger partial charge in [0.15, 0.2) is 0 Å². The maximum Gasteiger partial charge on any atom is 0.339 e. The summed E-state index contributed by atoms with van der Waals surface area (Å²) in [5.41, 5.74) is -3.14. The number of carbonyl (C=O) groups is 5. The van der Waals surface area contributed by atoms with Gasteiger partial charge in [-0.2, -0.15) is 0 Å². The van der Waals surface area contributed by atoms with Gasteiger partial charge in [0.05, 0.1) is 33.0 Å². The highest BCUT2D eigenvalue weighted by Crippen LogP contribution is 2.56. The first-order valence-corrected chi connectivity index (χ1v) is 13.7. The average Bonchev–Trinajstić information content (AvgIpc) is 3.42. The zero-order chi connectivity index (χ0) is 29.8. The van der Waals surface area contributed by atoms with E-state index in [4.69, 9.17) is 18.9 Å². The molecule has 0 bridgehead atoms. The summed E-state index contributed by atoms with van der Waals surface area (Å²) in [6, 6.07) is 15.9. The lowest BCUT2D eigenvalue weighted by atomic mass is 9.72. The summed E-state index contributed by atoms with van der Waals surface area (Å²) >= 11 is 0. The standard InChI is InChI=1S/C30H34N2O9/c1-5-38-24(33)22-23(25(34)39-6-2)30(27(36)40-7-3,28(37)41-8-4)31-29(22)20-16-12-13-17-21(20)32(26(29)35)18-19-14-10-9-11-15-19/h9-17,22-23,31H,5-8,18H2,1-4H3/t22-,23+,29+/m0/s1. The number of carbonyl (C=O) groups excluding carboxylic acids is 5. The zero-order valence-corrected chi connectivity index (χ0v) is 23.5. The first-order chi connectivity index (χ1) is 19.7. The molecule has 1 fully saturated rings. The van der Waals surface area contributed by atoms with Crippen LogP contribution in [0, 0.1) is 11.8 Å². The number of fused-ring (bicyclic) bond motifs is 2. The normalized spacial score (nSPS) is 22.2. The van der Waals surface area contributed by atoms with Gasteiger partial charge in [-0.25, -0.2) is 9.59 Å². The number of rotatable bonds is 10. The van der Waals surface area contributed by atoms with E-state index in [2.05, 4.69) is 5.32 Å². The van der Waals surface area contributed by atoms with Gasteiger partial charge >= 0.3 is 23.9 Å². The SMILES string of the molecule is CCOC(=O)[C@@H]1[C@H](C(=O)OCC)C(C(=O)OCC)(C(=O)OCC)N[C@@]12C(=O)N(Cc1ccccc1)c1ccccc12. The van der Waals surface area contributed by atoms with Gasteiger partial charge in [-0.1, -0.05) is 48.5 Å². The fourth-order valence-electron chi connectivity index (χ4n) is 5.81. The Labute approximate surface area is 238 Å². The summed E-state index contributed by atoms with van der Waals surface area (Å²) in [5.74, 6) is -8.55. The highest BCUT2D eigenvalue weighted by molar-refractivity contribution is 6.17. The van der Waals surface area contributed by atoms with Gasteiger partial charge in [-0.05, 0) is 39.3 Å². The molecule has 0 saturated carbocycles. The molecule has 11 heteroatoms. The van der Waals surface area contributed by atoms with Crippen molar-refractivity contribution in [3.8, 4) is 0 Å². The second-order valence-electron chi connectivity index (χ2n) is 9.54. The third kappa shape index (κ3) is 4.73. The molecular weight excluding hydrogens is 532 g/mol. The van der Waals surface area contributed by atoms with Crippen molar-refractivity contribution in [3.63, 3.8) is 0 Å². The summed E-state index contributed by atoms with van der Waals surface area (Å²) in [7, 11) is 0. The molecule has 0 unspecified atom stereocenters. The van der Waals surface area contributed by atoms with Crippen molar-refractivity contribution in [2.45, 2.75) is 45.3 Å². The van der Waals surface area contributed by atoms with Crippen LogP contribution >= 0.6 is 0 Å². The summed E-state index contributed by atoms with van der Waals surface area (Å²) in [6.07, 6.45) is 0. The Morgan fingerprint density at radius 1 is 0.732 bits per heavy atom. The molecule has 11 nitrogen and oxygen atoms in total. The Kier molecular flexibility index (Phi) is 8.77. The minimum absolute atomic E-state index is 0.0870. The average molecular weight is 567 g/mol. The van der Waals surface area contributed by atoms with E-state index >= 15 is 0 Å². The van der Waals surface area contributed by atoms with E-state index in [1.54, 1.807) is 38.1 Å². The monoisotopic (exact) mass is 566 g/mol. The largest absolute Gasteiger partial charge is 0.466 e. The fourth-order valence-corrected chi connectivity index (χ4v) is 5.81. The highest BCUT2D eigenvalue weighted by Gasteiger charge is 2.79. The van der Waals surface area contributed by atoms with Crippen molar-refractivity contribution >= 4 is 35.5 Å². The Morgan fingerprint density at radius 3 is 1.80 bits per heavy atom. The van der Waals surface area contributed by atoms with E-state index in [0.29, 0.717) is 11.3 Å². The third-order valence-electron chi connectivity index (χ3n) is 7.32. The maximum atomic E-state index is 14.7. The number of ether oxygens (including phenoxy) is 4. The minimum atomic E-state index is -2.60. The van der Waals surface area contributed by atoms with Gasteiger partial charge in [0, 0.05) is 11.3 Å². The molecular formula is C30H34N2O9. The Morgan fingerprint density at radius 2 is 1.24 bits per heavy atom. The number of nitrogens with one attached hydrogen (secondary N) is 1. The molecule has 2 heterocycles. The first-order valence-electron chi connectivity index (χ1n) is 13.7. The van der Waals surface area contributed by atoms with Gasteiger partial charge in [0.25, 0.3) is 5.91 Å². The maximum absolute atomic E-state index is 14.7. The van der Waals surface area contributed by atoms with Crippen molar-refractivity contribution in [2.24, 2.45) is 11.8 Å². The van der Waals surface area contributed by atoms with Crippen molar-refractivity contribution < 1.29 is 42.9 Å². The van der Waals surface area contributed by atoms with Crippen LogP contribution in [-0.2, 0) is 55.0 Å². The number of nitrogens with zero attached hydrogens (tertiary/aromatic N) is 1. The molecule has 1 saturated heterocycles. The molecule has 2 aromatic rings. The summed E-state index contributed by atoms with van der Waals surface area (Å²) in [4.78, 5) is 71.3. The van der Waals surface area contributed by atoms with Crippen LogP contribution in [0.2, 0.25) is 0 Å². The lowest BCUT2D eigenvalue weighted by Gasteiger charge is -2.31. The van der Waals surface area contributed by atoms with Gasteiger partial charge in [-0.3, -0.25) is 19.7 Å². The van der Waals surface area contributed by atoms with Crippen molar-refractivity contribution in [3.05, 3.63) is 65.7 Å². The molecule has 2 aromatic carbocycles. The summed E-state index contributed by atoms with van der Waals surface area (Å²) in [6.45, 7) is 5.78. The number of esters is 4. The van der Waals surface area contributed by atoms with E-state index in [1.165, 1.54) is 18.7 Å². The molecule has 4 rings (SSSR count). The topological polar surface area (TPSA) is 138 Å². The number of hydrogen-bond acceptors (Lipinski definition) is 10. The number of amides is 1. The van der Waals surface area contributed by atoms with Gasteiger partial charge in [-0.15, -0.1) is 0 Å². The molecule has 2 aliphatic heterocycles. The van der Waals surface area contributed by atoms with E-state index in [0.717, 1.165) is 5.56 Å². The smallest absolute Gasteiger partial charge is 0.339 e. The van der Waals surface area contributed by atoms with Gasteiger partial charge < -0.3 is 23.8 Å². The quantitative estimate of drug-likeness (QED) is 0.259. The molecule has 41 heavy (non-hydrogen) atoms. The van der Waals surface area contributed by atoms with Crippen LogP contribution in [0.3, 0.4) is 0 Å². The van der Waals surface area contributed by atoms with Crippen molar-refractivity contribution in [1.29, 1.82) is 0 Å². The molecule has 1 N–H and O–H groups in total. The zero-order valence-electron chi connectivity index (χ0n) is 23.5. The number of anilines is 1. The van der Waals surface area contributed by atoms with Crippen LogP contribution in [0.4, 0.5) is 5.69 Å². The molecule has 1 spiro atoms. The minimum Gasteiger partial charge on any atom is -0.466 e. The van der Waals surface area contributed by atoms with E-state index in [1.807, 2.05) is 30.3 Å².